The van der Waals surface area contributed by atoms with Crippen molar-refractivity contribution in [3.8, 4) is 0 Å². The topological polar surface area (TPSA) is 118 Å². The van der Waals surface area contributed by atoms with Crippen molar-refractivity contribution in [2.75, 3.05) is 0 Å². The summed E-state index contributed by atoms with van der Waals surface area (Å²) < 4.78 is 23.3. The Bertz CT molecular complexity index is 587. The molecule has 1 heterocycles. The van der Waals surface area contributed by atoms with Crippen molar-refractivity contribution >= 4 is 15.9 Å². The maximum Gasteiger partial charge on any atom is 0.273 e. The molecule has 106 valence electrons. The average molecular weight is 286 g/mol. The Labute approximate surface area is 112 Å². The van der Waals surface area contributed by atoms with Crippen molar-refractivity contribution in [1.82, 2.24) is 15.5 Å². The first-order chi connectivity index (χ1) is 8.80. The Hall–Kier alpha value is -1.41. The summed E-state index contributed by atoms with van der Waals surface area (Å²) in [5.41, 5.74) is 0.222. The van der Waals surface area contributed by atoms with Crippen LogP contribution in [0, 0.1) is 0 Å². The van der Waals surface area contributed by atoms with E-state index in [-0.39, 0.29) is 22.5 Å². The quantitative estimate of drug-likeness (QED) is 0.745. The number of aromatic amines is 1. The number of amides is 1. The third-order valence-corrected chi connectivity index (χ3v) is 4.25. The highest BCUT2D eigenvalue weighted by atomic mass is 32.2. The van der Waals surface area contributed by atoms with Crippen LogP contribution in [0.5, 0.6) is 0 Å². The number of hydrogen-bond donors (Lipinski definition) is 3. The van der Waals surface area contributed by atoms with Crippen LogP contribution >= 0.6 is 0 Å². The molecule has 0 unspecified atom stereocenters. The molecule has 8 heteroatoms. The molecule has 0 bridgehead atoms. The maximum atomic E-state index is 12.0. The highest BCUT2D eigenvalue weighted by molar-refractivity contribution is 7.89. The molecule has 19 heavy (non-hydrogen) atoms. The van der Waals surface area contributed by atoms with E-state index in [9.17, 15) is 13.2 Å². The molecule has 0 spiro atoms. The van der Waals surface area contributed by atoms with Crippen molar-refractivity contribution in [3.63, 3.8) is 0 Å². The van der Waals surface area contributed by atoms with Gasteiger partial charge in [-0.1, -0.05) is 13.8 Å². The van der Waals surface area contributed by atoms with Crippen LogP contribution < -0.4 is 10.5 Å². The number of nitrogens with two attached hydrogens (primary N) is 1. The van der Waals surface area contributed by atoms with Crippen LogP contribution in [0.2, 0.25) is 0 Å². The van der Waals surface area contributed by atoms with E-state index >= 15 is 0 Å². The summed E-state index contributed by atoms with van der Waals surface area (Å²) in [5, 5.41) is 14.4. The van der Waals surface area contributed by atoms with Crippen LogP contribution in [0.15, 0.2) is 4.90 Å². The van der Waals surface area contributed by atoms with Gasteiger partial charge in [-0.15, -0.1) is 0 Å². The lowest BCUT2D eigenvalue weighted by molar-refractivity contribution is 0.0908. The molecule has 0 radical (unpaired) electrons. The number of sulfonamides is 1. The van der Waals surface area contributed by atoms with Crippen LogP contribution in [0.25, 0.3) is 0 Å². The molecular weight excluding hydrogens is 268 g/mol. The number of rotatable bonds is 4. The standard InChI is InChI=1S/C11H18N4O3S/c1-6(2)8-10(19(12,17)18)9(15-14-8)11(16)13-7-4-3-5-7/h6-7H,3-5H2,1-2H3,(H,13,16)(H,14,15)(H2,12,17,18). The van der Waals surface area contributed by atoms with Gasteiger partial charge in [0.25, 0.3) is 5.91 Å². The zero-order chi connectivity index (χ0) is 14.2. The Morgan fingerprint density at radius 2 is 2.11 bits per heavy atom. The van der Waals surface area contributed by atoms with Crippen molar-refractivity contribution in [2.45, 2.75) is 50.0 Å². The number of carbonyl (C=O) groups excluding carboxylic acids is 1. The molecule has 0 saturated heterocycles. The van der Waals surface area contributed by atoms with Gasteiger partial charge in [0, 0.05) is 6.04 Å². The highest BCUT2D eigenvalue weighted by Crippen LogP contribution is 2.25. The summed E-state index contributed by atoms with van der Waals surface area (Å²) in [6, 6.07) is 0.111. The first-order valence-electron chi connectivity index (χ1n) is 6.22. The number of hydrogen-bond acceptors (Lipinski definition) is 4. The fourth-order valence-corrected chi connectivity index (χ4v) is 2.98. The van der Waals surface area contributed by atoms with E-state index in [1.54, 1.807) is 13.8 Å². The van der Waals surface area contributed by atoms with Crippen LogP contribution in [0.3, 0.4) is 0 Å². The molecule has 1 saturated carbocycles. The lowest BCUT2D eigenvalue weighted by Crippen LogP contribution is -2.40. The summed E-state index contributed by atoms with van der Waals surface area (Å²) in [4.78, 5) is 11.8. The zero-order valence-corrected chi connectivity index (χ0v) is 11.8. The molecule has 1 aromatic rings. The van der Waals surface area contributed by atoms with Crippen LogP contribution in [0.4, 0.5) is 0 Å². The predicted molar refractivity (Wildman–Crippen MR) is 69.2 cm³/mol. The van der Waals surface area contributed by atoms with Gasteiger partial charge in [-0.2, -0.15) is 5.10 Å². The van der Waals surface area contributed by atoms with Crippen molar-refractivity contribution in [2.24, 2.45) is 5.14 Å². The van der Waals surface area contributed by atoms with Gasteiger partial charge < -0.3 is 5.32 Å². The number of nitrogens with zero attached hydrogens (tertiary/aromatic N) is 1. The molecule has 7 nitrogen and oxygen atoms in total. The monoisotopic (exact) mass is 286 g/mol. The molecule has 1 amide bonds. The smallest absolute Gasteiger partial charge is 0.273 e. The summed E-state index contributed by atoms with van der Waals surface area (Å²) in [7, 11) is -3.99. The maximum absolute atomic E-state index is 12.0. The molecule has 1 fully saturated rings. The summed E-state index contributed by atoms with van der Waals surface area (Å²) in [6.07, 6.45) is 2.90. The molecule has 1 aliphatic rings. The molecule has 0 aliphatic heterocycles. The number of primary sulfonamides is 1. The average Bonchev–Trinajstić information content (AvgIpc) is 2.67. The molecule has 0 atom stereocenters. The van der Waals surface area contributed by atoms with Gasteiger partial charge in [0.15, 0.2) is 5.69 Å². The normalized spacial score (nSPS) is 16.4. The minimum Gasteiger partial charge on any atom is -0.348 e. The largest absolute Gasteiger partial charge is 0.348 e. The number of nitrogens with one attached hydrogen (secondary N) is 2. The molecule has 1 aromatic heterocycles. The first kappa shape index (κ1) is 14.0. The van der Waals surface area contributed by atoms with Crippen molar-refractivity contribution in [3.05, 3.63) is 11.4 Å². The van der Waals surface area contributed by atoms with E-state index in [0.717, 1.165) is 19.3 Å². The number of H-pyrrole nitrogens is 1. The molecule has 0 aromatic carbocycles. The van der Waals surface area contributed by atoms with E-state index in [1.807, 2.05) is 0 Å². The Kier molecular flexibility index (Phi) is 3.64. The van der Waals surface area contributed by atoms with Gasteiger partial charge in [-0.3, -0.25) is 9.89 Å². The minimum atomic E-state index is -3.99. The third-order valence-electron chi connectivity index (χ3n) is 3.27. The van der Waals surface area contributed by atoms with Crippen LogP contribution in [-0.4, -0.2) is 30.6 Å². The Morgan fingerprint density at radius 3 is 2.53 bits per heavy atom. The van der Waals surface area contributed by atoms with E-state index in [1.165, 1.54) is 0 Å². The van der Waals surface area contributed by atoms with Crippen LogP contribution in [0.1, 0.15) is 55.2 Å². The van der Waals surface area contributed by atoms with Crippen molar-refractivity contribution < 1.29 is 13.2 Å². The molecular formula is C11H18N4O3S. The highest BCUT2D eigenvalue weighted by Gasteiger charge is 2.30. The summed E-state index contributed by atoms with van der Waals surface area (Å²) in [5.74, 6) is -0.608. The SMILES string of the molecule is CC(C)c1[nH]nc(C(=O)NC2CCC2)c1S(N)(=O)=O. The van der Waals surface area contributed by atoms with Crippen molar-refractivity contribution in [1.29, 1.82) is 0 Å². The van der Waals surface area contributed by atoms with Crippen LogP contribution in [-0.2, 0) is 10.0 Å². The fraction of sp³-hybridized carbons (Fsp3) is 0.636. The van der Waals surface area contributed by atoms with Gasteiger partial charge in [-0.05, 0) is 25.2 Å². The van der Waals surface area contributed by atoms with Gasteiger partial charge in [0.05, 0.1) is 5.69 Å². The van der Waals surface area contributed by atoms with Gasteiger partial charge >= 0.3 is 0 Å². The zero-order valence-electron chi connectivity index (χ0n) is 10.9. The van der Waals surface area contributed by atoms with E-state index in [2.05, 4.69) is 15.5 Å². The van der Waals surface area contributed by atoms with E-state index in [4.69, 9.17) is 5.14 Å². The number of aromatic nitrogens is 2. The van der Waals surface area contributed by atoms with Gasteiger partial charge in [0.2, 0.25) is 10.0 Å². The first-order valence-corrected chi connectivity index (χ1v) is 7.77. The van der Waals surface area contributed by atoms with E-state index < -0.39 is 15.9 Å². The fourth-order valence-electron chi connectivity index (χ4n) is 1.98. The molecule has 2 rings (SSSR count). The Morgan fingerprint density at radius 1 is 1.47 bits per heavy atom. The summed E-state index contributed by atoms with van der Waals surface area (Å²) >= 11 is 0. The second kappa shape index (κ2) is 4.93. The second-order valence-corrected chi connectivity index (χ2v) is 6.61. The third kappa shape index (κ3) is 2.79. The molecule has 4 N–H and O–H groups in total. The summed E-state index contributed by atoms with van der Waals surface area (Å²) in [6.45, 7) is 3.60. The van der Waals surface area contributed by atoms with Gasteiger partial charge in [-0.25, -0.2) is 13.6 Å². The predicted octanol–water partition coefficient (Wildman–Crippen LogP) is 0.463. The van der Waals surface area contributed by atoms with E-state index in [0.29, 0.717) is 5.69 Å². The lowest BCUT2D eigenvalue weighted by Gasteiger charge is -2.26. The van der Waals surface area contributed by atoms with Gasteiger partial charge in [0.1, 0.15) is 4.90 Å². The second-order valence-electron chi connectivity index (χ2n) is 5.12. The number of carbonyl (C=O) groups is 1. The molecule has 1 aliphatic carbocycles. The lowest BCUT2D eigenvalue weighted by atomic mass is 9.93. The Balaban J connectivity index is 2.37. The minimum absolute atomic E-state index is 0.111.